The van der Waals surface area contributed by atoms with E-state index in [-0.39, 0.29) is 61.6 Å². The lowest BCUT2D eigenvalue weighted by Gasteiger charge is -2.42. The van der Waals surface area contributed by atoms with E-state index >= 15 is 0 Å². The monoisotopic (exact) mass is 1130 g/mol. The van der Waals surface area contributed by atoms with E-state index in [0.29, 0.717) is 69.1 Å². The van der Waals surface area contributed by atoms with Crippen molar-refractivity contribution < 1.29 is 82.0 Å². The molecule has 3 N–H and O–H groups in total. The fourth-order valence-electron chi connectivity index (χ4n) is 11.1. The number of carbonyl (C=O) groups is 7. The van der Waals surface area contributed by atoms with Crippen molar-refractivity contribution >= 4 is 52.9 Å². The number of aliphatic hydroxyl groups is 3. The Hall–Kier alpha value is -4.08. The highest BCUT2D eigenvalue weighted by molar-refractivity contribution is 7.99. The molecule has 0 aromatic heterocycles. The maximum absolute atomic E-state index is 14.6. The standard InChI is InChI=1S/C60H93NO17S/c1-13-79-33-51(64)75-35-59(9,34-62)58(70)77-47-25-23-43(30-50(47)73-11)29-39(5)49-32-46(63)38(4)28-41(7)53(66)54(74-12)52(65)40(6)27-36(2)19-15-14-16-20-37(3)48(72-10)31-44-24-22-42(8)60(71,78-44)55(67)56(68)61-26-18-17-21-45(61)57(69)76-49/h14-16,19-20,28,36,38-40,42-45,47-50,53-54,62,66,71H,13,17-18,21-27,29-35H2,1-12H3/b16-14+,19-15+,37-20+,41-28+/t36-,38-,39+,40-,42-,43+,44+,45+,47-,48+,49+,50-,53-,54+,59?,60-/m1/s1. The Labute approximate surface area is 473 Å². The van der Waals surface area contributed by atoms with Gasteiger partial charge in [-0.3, -0.25) is 28.8 Å². The number of hydrogen-bond donors (Lipinski definition) is 3. The molecule has 446 valence electrons. The topological polar surface area (TPSA) is 248 Å². The molecule has 0 aromatic carbocycles. The van der Waals surface area contributed by atoms with Gasteiger partial charge in [0.05, 0.1) is 30.7 Å². The lowest BCUT2D eigenvalue weighted by molar-refractivity contribution is -0.265. The minimum Gasteiger partial charge on any atom is -0.464 e. The Morgan fingerprint density at radius 1 is 0.899 bits per heavy atom. The minimum absolute atomic E-state index is 0.0140. The molecular weight excluding hydrogens is 1040 g/mol. The van der Waals surface area contributed by atoms with Gasteiger partial charge in [-0.1, -0.05) is 78.0 Å². The van der Waals surface area contributed by atoms with Gasteiger partial charge in [0.2, 0.25) is 5.79 Å². The molecule has 4 rings (SSSR count). The Morgan fingerprint density at radius 3 is 2.28 bits per heavy atom. The molecule has 19 heteroatoms. The molecule has 0 radical (unpaired) electrons. The molecular formula is C60H93NO17S. The fraction of sp³-hybridized carbons (Fsp3) is 0.750. The molecule has 4 aliphatic rings. The molecule has 79 heavy (non-hydrogen) atoms. The van der Waals surface area contributed by atoms with E-state index in [4.69, 9.17) is 33.2 Å². The van der Waals surface area contributed by atoms with Crippen LogP contribution in [-0.4, -0.2) is 169 Å². The van der Waals surface area contributed by atoms with Crippen molar-refractivity contribution in [2.45, 2.75) is 194 Å². The summed E-state index contributed by atoms with van der Waals surface area (Å²) in [6.45, 7) is 14.9. The van der Waals surface area contributed by atoms with Crippen molar-refractivity contribution in [1.82, 2.24) is 4.90 Å². The molecule has 2 saturated heterocycles. The quantitative estimate of drug-likeness (QED) is 0.0684. The van der Waals surface area contributed by atoms with Crippen LogP contribution in [0.1, 0.15) is 139 Å². The molecule has 2 bridgehead atoms. The number of rotatable bonds is 14. The van der Waals surface area contributed by atoms with E-state index in [9.17, 15) is 48.9 Å². The lowest BCUT2D eigenvalue weighted by Crippen LogP contribution is -2.61. The number of carbonyl (C=O) groups excluding carboxylic acids is 7. The van der Waals surface area contributed by atoms with Crippen LogP contribution in [0.3, 0.4) is 0 Å². The fourth-order valence-corrected chi connectivity index (χ4v) is 11.6. The van der Waals surface area contributed by atoms with E-state index in [1.807, 2.05) is 58.1 Å². The zero-order valence-electron chi connectivity index (χ0n) is 49.0. The minimum atomic E-state index is -2.48. The SMILES string of the molecule is CCSCC(=O)OCC(C)(CO)C(=O)O[C@@H]1CC[C@@H](C[C@H](C)[C@@H]2CC(=O)[C@H](C)/C=C(\C)[C@@H](O)[C@@H](OC)C(=O)[C@H](C)C[C@H](C)/C=C/C=C/C=C(\C)[C@@H](OC)C[C@@H]3CC[C@@H](C)[C@@](O)(O3)C(=O)C(=O)N3CCCC[C@H]3C(=O)O2)C[C@H]1OC. The van der Waals surface area contributed by atoms with Gasteiger partial charge in [-0.25, -0.2) is 4.79 Å². The van der Waals surface area contributed by atoms with Crippen LogP contribution < -0.4 is 0 Å². The molecule has 3 aliphatic heterocycles. The zero-order valence-corrected chi connectivity index (χ0v) is 49.8. The maximum atomic E-state index is 14.6. The number of fused-ring (bicyclic) bond motifs is 3. The van der Waals surface area contributed by atoms with Crippen molar-refractivity contribution in [3.8, 4) is 0 Å². The largest absolute Gasteiger partial charge is 0.464 e. The average Bonchev–Trinajstić information content (AvgIpc) is 3.43. The summed E-state index contributed by atoms with van der Waals surface area (Å²) in [6.07, 6.45) is 9.47. The van der Waals surface area contributed by atoms with Gasteiger partial charge in [-0.15, -0.1) is 0 Å². The van der Waals surface area contributed by atoms with Crippen LogP contribution in [0.25, 0.3) is 0 Å². The molecule has 1 amide bonds. The van der Waals surface area contributed by atoms with Gasteiger partial charge in [0.15, 0.2) is 5.78 Å². The molecule has 16 atom stereocenters. The number of ether oxygens (including phenoxy) is 7. The first-order valence-electron chi connectivity index (χ1n) is 28.4. The third-order valence-corrected chi connectivity index (χ3v) is 17.4. The molecule has 3 fully saturated rings. The van der Waals surface area contributed by atoms with E-state index in [1.54, 1.807) is 40.9 Å². The van der Waals surface area contributed by atoms with Crippen molar-refractivity contribution in [3.63, 3.8) is 0 Å². The first-order chi connectivity index (χ1) is 37.4. The highest BCUT2D eigenvalue weighted by Gasteiger charge is 2.53. The number of cyclic esters (lactones) is 1. The number of methoxy groups -OCH3 is 3. The number of nitrogens with zero attached hydrogens (tertiary/aromatic N) is 1. The summed E-state index contributed by atoms with van der Waals surface area (Å²) in [5, 5.41) is 33.8. The second kappa shape index (κ2) is 31.9. The molecule has 0 spiro atoms. The molecule has 1 saturated carbocycles. The lowest BCUT2D eigenvalue weighted by atomic mass is 9.78. The molecule has 3 heterocycles. The summed E-state index contributed by atoms with van der Waals surface area (Å²) in [7, 11) is 4.43. The van der Waals surface area contributed by atoms with Gasteiger partial charge in [0.25, 0.3) is 11.7 Å². The smallest absolute Gasteiger partial charge is 0.329 e. The molecule has 0 aromatic rings. The normalized spacial score (nSPS) is 36.0. The predicted molar refractivity (Wildman–Crippen MR) is 298 cm³/mol. The Kier molecular flexibility index (Phi) is 27.3. The molecule has 1 unspecified atom stereocenters. The van der Waals surface area contributed by atoms with Crippen LogP contribution in [-0.2, 0) is 66.7 Å². The number of allylic oxidation sites excluding steroid dienone is 6. The van der Waals surface area contributed by atoms with Crippen molar-refractivity contribution in [2.75, 3.05) is 52.6 Å². The summed E-state index contributed by atoms with van der Waals surface area (Å²) < 4.78 is 41.1. The third-order valence-electron chi connectivity index (χ3n) is 16.5. The van der Waals surface area contributed by atoms with Crippen LogP contribution in [0.15, 0.2) is 47.6 Å². The van der Waals surface area contributed by atoms with Gasteiger partial charge in [-0.2, -0.15) is 11.8 Å². The Bertz CT molecular complexity index is 2190. The second-order valence-electron chi connectivity index (χ2n) is 23.0. The summed E-state index contributed by atoms with van der Waals surface area (Å²) in [5.41, 5.74) is -0.309. The predicted octanol–water partition coefficient (Wildman–Crippen LogP) is 7.03. The van der Waals surface area contributed by atoms with Gasteiger partial charge in [-0.05, 0) is 120 Å². The highest BCUT2D eigenvalue weighted by atomic mass is 32.2. The number of Topliss-reactive ketones (excluding diaryl/α,β-unsaturated/α-hetero) is 3. The maximum Gasteiger partial charge on any atom is 0.329 e. The van der Waals surface area contributed by atoms with Crippen molar-refractivity contribution in [2.24, 2.45) is 40.9 Å². The van der Waals surface area contributed by atoms with Gasteiger partial charge < -0.3 is 53.4 Å². The van der Waals surface area contributed by atoms with Gasteiger partial charge in [0, 0.05) is 58.5 Å². The van der Waals surface area contributed by atoms with Crippen molar-refractivity contribution in [3.05, 3.63) is 47.6 Å². The first-order valence-corrected chi connectivity index (χ1v) is 29.6. The summed E-state index contributed by atoms with van der Waals surface area (Å²) in [5.74, 6) is -9.18. The number of thioether (sulfide) groups is 1. The third kappa shape index (κ3) is 18.7. The number of amides is 1. The Balaban J connectivity index is 1.66. The van der Waals surface area contributed by atoms with Gasteiger partial charge in [0.1, 0.15) is 48.3 Å². The zero-order chi connectivity index (χ0) is 58.8. The first kappa shape index (κ1) is 67.4. The number of ketones is 3. The number of esters is 3. The van der Waals surface area contributed by atoms with Gasteiger partial charge >= 0.3 is 17.9 Å². The summed E-state index contributed by atoms with van der Waals surface area (Å²) >= 11 is 1.37. The van der Waals surface area contributed by atoms with E-state index < -0.39 is 120 Å². The number of hydrogen-bond acceptors (Lipinski definition) is 18. The van der Waals surface area contributed by atoms with E-state index in [0.717, 1.165) is 10.5 Å². The van der Waals surface area contributed by atoms with Crippen LogP contribution in [0.5, 0.6) is 0 Å². The van der Waals surface area contributed by atoms with Crippen LogP contribution in [0, 0.1) is 40.9 Å². The average molecular weight is 1130 g/mol. The van der Waals surface area contributed by atoms with Crippen LogP contribution in [0.2, 0.25) is 0 Å². The highest BCUT2D eigenvalue weighted by Crippen LogP contribution is 2.39. The second-order valence-corrected chi connectivity index (χ2v) is 24.3. The van der Waals surface area contributed by atoms with E-state index in [2.05, 4.69) is 0 Å². The molecule has 1 aliphatic carbocycles. The number of aliphatic hydroxyl groups excluding tert-OH is 2. The van der Waals surface area contributed by atoms with Crippen LogP contribution in [0.4, 0.5) is 0 Å². The van der Waals surface area contributed by atoms with Crippen molar-refractivity contribution in [1.29, 1.82) is 0 Å². The molecule has 18 nitrogen and oxygen atoms in total. The summed E-state index contributed by atoms with van der Waals surface area (Å²) in [4.78, 5) is 98.6. The van der Waals surface area contributed by atoms with Crippen LogP contribution >= 0.6 is 11.8 Å². The summed E-state index contributed by atoms with van der Waals surface area (Å²) in [6, 6.07) is -1.21. The number of piperidine rings is 1. The Morgan fingerprint density at radius 2 is 1.62 bits per heavy atom. The van der Waals surface area contributed by atoms with E-state index in [1.165, 1.54) is 32.9 Å².